The van der Waals surface area contributed by atoms with Crippen molar-refractivity contribution < 1.29 is 4.39 Å². The van der Waals surface area contributed by atoms with Crippen LogP contribution in [0.5, 0.6) is 0 Å². The maximum absolute atomic E-state index is 14.7. The zero-order chi connectivity index (χ0) is 19.6. The standard InChI is InChI=1S/C21H23ClFN3Si/c1-15-11-20(25-26(15)14-17-9-10-24-21(22)13-17)19(23)12-16-5-7-18(8-6-16)27(2,3)4/h5-13H,14H2,1-4H3/b19-12-. The van der Waals surface area contributed by atoms with Crippen molar-refractivity contribution in [1.29, 1.82) is 0 Å². The molecule has 27 heavy (non-hydrogen) atoms. The third-order valence-corrected chi connectivity index (χ3v) is 6.69. The Morgan fingerprint density at radius 3 is 2.48 bits per heavy atom. The largest absolute Gasteiger partial charge is 0.265 e. The van der Waals surface area contributed by atoms with Crippen molar-refractivity contribution in [3.63, 3.8) is 0 Å². The van der Waals surface area contributed by atoms with Crippen LogP contribution in [-0.4, -0.2) is 22.8 Å². The average Bonchev–Trinajstić information content (AvgIpc) is 2.95. The minimum absolute atomic E-state index is 0.335. The fraction of sp³-hybridized carbons (Fsp3) is 0.238. The summed E-state index contributed by atoms with van der Waals surface area (Å²) in [6, 6.07) is 13.6. The van der Waals surface area contributed by atoms with Gasteiger partial charge in [0.15, 0.2) is 5.83 Å². The molecule has 1 aromatic carbocycles. The number of pyridine rings is 1. The molecule has 0 aliphatic rings. The minimum atomic E-state index is -1.35. The summed E-state index contributed by atoms with van der Waals surface area (Å²) in [5, 5.41) is 6.20. The summed E-state index contributed by atoms with van der Waals surface area (Å²) in [5.74, 6) is -0.342. The Balaban J connectivity index is 1.81. The van der Waals surface area contributed by atoms with Gasteiger partial charge in [0.25, 0.3) is 0 Å². The van der Waals surface area contributed by atoms with Crippen LogP contribution in [0.15, 0.2) is 48.7 Å². The van der Waals surface area contributed by atoms with E-state index in [1.165, 1.54) is 11.3 Å². The fourth-order valence-corrected chi connectivity index (χ4v) is 4.16. The van der Waals surface area contributed by atoms with Crippen LogP contribution in [0.25, 0.3) is 11.9 Å². The van der Waals surface area contributed by atoms with Gasteiger partial charge in [-0.2, -0.15) is 5.10 Å². The molecule has 0 spiro atoms. The molecular weight excluding hydrogens is 377 g/mol. The first kappa shape index (κ1) is 19.5. The summed E-state index contributed by atoms with van der Waals surface area (Å²) >= 11 is 5.93. The highest BCUT2D eigenvalue weighted by atomic mass is 35.5. The lowest BCUT2D eigenvalue weighted by Crippen LogP contribution is -2.37. The molecule has 2 aromatic heterocycles. The molecule has 0 N–H and O–H groups in total. The lowest BCUT2D eigenvalue weighted by atomic mass is 10.2. The van der Waals surface area contributed by atoms with Gasteiger partial charge >= 0.3 is 0 Å². The highest BCUT2D eigenvalue weighted by molar-refractivity contribution is 6.88. The number of nitrogens with zero attached hydrogens (tertiary/aromatic N) is 3. The Morgan fingerprint density at radius 1 is 1.15 bits per heavy atom. The van der Waals surface area contributed by atoms with Crippen LogP contribution in [0.1, 0.15) is 22.5 Å². The van der Waals surface area contributed by atoms with Crippen LogP contribution in [0.4, 0.5) is 4.39 Å². The van der Waals surface area contributed by atoms with E-state index in [-0.39, 0.29) is 5.83 Å². The van der Waals surface area contributed by atoms with Crippen LogP contribution in [0.3, 0.4) is 0 Å². The highest BCUT2D eigenvalue weighted by Gasteiger charge is 2.15. The van der Waals surface area contributed by atoms with E-state index in [2.05, 4.69) is 41.9 Å². The maximum Gasteiger partial charge on any atom is 0.151 e. The molecule has 6 heteroatoms. The summed E-state index contributed by atoms with van der Waals surface area (Å²) in [6.07, 6.45) is 3.19. The number of aromatic nitrogens is 3. The van der Waals surface area contributed by atoms with Gasteiger partial charge in [0.2, 0.25) is 0 Å². The number of hydrogen-bond acceptors (Lipinski definition) is 2. The molecule has 0 saturated carbocycles. The maximum atomic E-state index is 14.7. The summed E-state index contributed by atoms with van der Waals surface area (Å²) in [4.78, 5) is 3.97. The van der Waals surface area contributed by atoms with Crippen LogP contribution in [0.2, 0.25) is 24.8 Å². The molecule has 3 nitrogen and oxygen atoms in total. The number of rotatable bonds is 5. The molecule has 2 heterocycles. The van der Waals surface area contributed by atoms with E-state index < -0.39 is 8.07 Å². The first-order valence-corrected chi connectivity index (χ1v) is 12.7. The number of hydrogen-bond donors (Lipinski definition) is 0. The predicted octanol–water partition coefficient (Wildman–Crippen LogP) is 5.30. The van der Waals surface area contributed by atoms with E-state index in [9.17, 15) is 4.39 Å². The molecule has 0 amide bonds. The molecule has 140 valence electrons. The van der Waals surface area contributed by atoms with Crippen molar-refractivity contribution in [1.82, 2.24) is 14.8 Å². The van der Waals surface area contributed by atoms with Gasteiger partial charge in [-0.1, -0.05) is 60.7 Å². The smallest absolute Gasteiger partial charge is 0.151 e. The Hall–Kier alpha value is -2.24. The van der Waals surface area contributed by atoms with Crippen molar-refractivity contribution in [2.75, 3.05) is 0 Å². The van der Waals surface area contributed by atoms with Gasteiger partial charge in [-0.05, 0) is 42.3 Å². The van der Waals surface area contributed by atoms with Gasteiger partial charge in [0, 0.05) is 11.9 Å². The normalized spacial score (nSPS) is 12.4. The van der Waals surface area contributed by atoms with Crippen LogP contribution < -0.4 is 5.19 Å². The molecule has 0 atom stereocenters. The van der Waals surface area contributed by atoms with Crippen LogP contribution in [0, 0.1) is 6.92 Å². The zero-order valence-electron chi connectivity index (χ0n) is 16.0. The van der Waals surface area contributed by atoms with Crippen molar-refractivity contribution >= 4 is 36.8 Å². The van der Waals surface area contributed by atoms with E-state index in [0.29, 0.717) is 17.4 Å². The van der Waals surface area contributed by atoms with Gasteiger partial charge in [-0.3, -0.25) is 4.68 Å². The van der Waals surface area contributed by atoms with E-state index in [4.69, 9.17) is 11.6 Å². The van der Waals surface area contributed by atoms with Crippen molar-refractivity contribution in [3.8, 4) is 0 Å². The lowest BCUT2D eigenvalue weighted by molar-refractivity contribution is 0.653. The number of halogens is 2. The Labute approximate surface area is 165 Å². The van der Waals surface area contributed by atoms with E-state index >= 15 is 0 Å². The summed E-state index contributed by atoms with van der Waals surface area (Å²) in [5.41, 5.74) is 3.03. The van der Waals surface area contributed by atoms with Crippen LogP contribution in [-0.2, 0) is 6.54 Å². The molecule has 0 saturated heterocycles. The lowest BCUT2D eigenvalue weighted by Gasteiger charge is -2.16. The Kier molecular flexibility index (Phi) is 5.63. The van der Waals surface area contributed by atoms with Crippen molar-refractivity contribution in [2.24, 2.45) is 0 Å². The second kappa shape index (κ2) is 7.78. The number of aryl methyl sites for hydroxylation is 1. The van der Waals surface area contributed by atoms with E-state index in [1.54, 1.807) is 23.0 Å². The van der Waals surface area contributed by atoms with Gasteiger partial charge in [-0.25, -0.2) is 9.37 Å². The van der Waals surface area contributed by atoms with Gasteiger partial charge < -0.3 is 0 Å². The quantitative estimate of drug-likeness (QED) is 0.430. The van der Waals surface area contributed by atoms with E-state index in [0.717, 1.165) is 16.8 Å². The first-order valence-electron chi connectivity index (χ1n) is 8.85. The second-order valence-corrected chi connectivity index (χ2v) is 13.1. The summed E-state index contributed by atoms with van der Waals surface area (Å²) in [7, 11) is -1.35. The molecule has 0 bridgehead atoms. The van der Waals surface area contributed by atoms with Crippen LogP contribution >= 0.6 is 11.6 Å². The van der Waals surface area contributed by atoms with E-state index in [1.807, 2.05) is 25.1 Å². The molecule has 0 unspecified atom stereocenters. The van der Waals surface area contributed by atoms with Gasteiger partial charge in [-0.15, -0.1) is 0 Å². The Bertz CT molecular complexity index is 972. The summed E-state index contributed by atoms with van der Waals surface area (Å²) in [6.45, 7) is 9.32. The third kappa shape index (κ3) is 4.93. The number of benzene rings is 1. The summed E-state index contributed by atoms with van der Waals surface area (Å²) < 4.78 is 16.5. The fourth-order valence-electron chi connectivity index (χ4n) is 2.80. The molecule has 0 fully saturated rings. The molecule has 3 rings (SSSR count). The highest BCUT2D eigenvalue weighted by Crippen LogP contribution is 2.20. The van der Waals surface area contributed by atoms with Crippen molar-refractivity contribution in [2.45, 2.75) is 33.1 Å². The van der Waals surface area contributed by atoms with Gasteiger partial charge in [0.05, 0.1) is 14.6 Å². The van der Waals surface area contributed by atoms with Gasteiger partial charge in [0.1, 0.15) is 10.8 Å². The second-order valence-electron chi connectivity index (χ2n) is 7.68. The molecule has 3 aromatic rings. The average molecular weight is 400 g/mol. The van der Waals surface area contributed by atoms with Crippen molar-refractivity contribution in [3.05, 3.63) is 76.3 Å². The minimum Gasteiger partial charge on any atom is -0.265 e. The predicted molar refractivity (Wildman–Crippen MR) is 114 cm³/mol. The molecule has 0 radical (unpaired) electrons. The Morgan fingerprint density at radius 2 is 1.85 bits per heavy atom. The third-order valence-electron chi connectivity index (χ3n) is 4.42. The molecule has 0 aliphatic carbocycles. The molecular formula is C21H23ClFN3Si. The molecule has 0 aliphatic heterocycles. The first-order chi connectivity index (χ1) is 12.7. The SMILES string of the molecule is Cc1cc(/C(F)=C/c2ccc([Si](C)(C)C)cc2)nn1Cc1ccnc(Cl)c1. The zero-order valence-corrected chi connectivity index (χ0v) is 17.8. The topological polar surface area (TPSA) is 30.7 Å². The monoisotopic (exact) mass is 399 g/mol.